The highest BCUT2D eigenvalue weighted by Crippen LogP contribution is 2.32. The minimum Gasteiger partial charge on any atom is -0.497 e. The number of hydrogen-bond donors (Lipinski definition) is 5. The van der Waals surface area contributed by atoms with Gasteiger partial charge in [0.1, 0.15) is 17.6 Å². The Bertz CT molecular complexity index is 1540. The standard InChI is InChI=1S/C29H29N5O4S/c1-38-23-16-17-26(34-39(36,37)24-10-6-3-7-11-24)25(18-23)27(29(35)32-19-20-8-4-2-5-9-20)33-22-14-12-21(13-15-22)28(30)31/h2-18,27,33-34H,19H2,1H3,(H3,30,31)(H,32,35). The van der Waals surface area contributed by atoms with E-state index in [1.807, 2.05) is 30.3 Å². The van der Waals surface area contributed by atoms with Gasteiger partial charge in [-0.25, -0.2) is 8.42 Å². The lowest BCUT2D eigenvalue weighted by Crippen LogP contribution is -2.34. The Balaban J connectivity index is 1.73. The number of nitrogens with two attached hydrogens (primary N) is 1. The van der Waals surface area contributed by atoms with Crippen molar-refractivity contribution in [3.8, 4) is 5.75 Å². The van der Waals surface area contributed by atoms with Gasteiger partial charge in [0.15, 0.2) is 0 Å². The number of hydrogen-bond acceptors (Lipinski definition) is 6. The van der Waals surface area contributed by atoms with Crippen LogP contribution in [0.2, 0.25) is 0 Å². The number of sulfonamides is 1. The van der Waals surface area contributed by atoms with Crippen LogP contribution in [0.4, 0.5) is 11.4 Å². The molecule has 0 bridgehead atoms. The molecule has 0 spiro atoms. The van der Waals surface area contributed by atoms with Crippen molar-refractivity contribution in [1.29, 1.82) is 5.41 Å². The number of amides is 1. The molecular formula is C29H29N5O4S. The number of benzene rings is 4. The smallest absolute Gasteiger partial charge is 0.261 e. The summed E-state index contributed by atoms with van der Waals surface area (Å²) in [7, 11) is -2.45. The van der Waals surface area contributed by atoms with E-state index >= 15 is 0 Å². The highest BCUT2D eigenvalue weighted by molar-refractivity contribution is 7.92. The molecule has 4 aromatic carbocycles. The lowest BCUT2D eigenvalue weighted by atomic mass is 10.0. The molecular weight excluding hydrogens is 514 g/mol. The van der Waals surface area contributed by atoms with Crippen LogP contribution >= 0.6 is 0 Å². The summed E-state index contributed by atoms with van der Waals surface area (Å²) < 4.78 is 34.4. The lowest BCUT2D eigenvalue weighted by molar-refractivity contribution is -0.122. The number of rotatable bonds is 11. The molecule has 4 rings (SSSR count). The molecule has 0 radical (unpaired) electrons. The number of anilines is 2. The SMILES string of the molecule is COc1ccc(NS(=O)(=O)c2ccccc2)c(C(Nc2ccc(C(=N)N)cc2)C(=O)NCc2ccccc2)c1. The first kappa shape index (κ1) is 27.2. The third-order valence-corrected chi connectivity index (χ3v) is 7.33. The van der Waals surface area contributed by atoms with Crippen molar-refractivity contribution in [3.63, 3.8) is 0 Å². The number of carbonyl (C=O) groups excluding carboxylic acids is 1. The van der Waals surface area contributed by atoms with E-state index in [0.717, 1.165) is 5.56 Å². The van der Waals surface area contributed by atoms with Crippen LogP contribution in [0, 0.1) is 5.41 Å². The normalized spacial score (nSPS) is 11.7. The average Bonchev–Trinajstić information content (AvgIpc) is 2.96. The van der Waals surface area contributed by atoms with Crippen LogP contribution in [-0.2, 0) is 21.4 Å². The van der Waals surface area contributed by atoms with Gasteiger partial charge in [-0.1, -0.05) is 48.5 Å². The lowest BCUT2D eigenvalue weighted by Gasteiger charge is -2.24. The van der Waals surface area contributed by atoms with Gasteiger partial charge in [-0.2, -0.15) is 0 Å². The maximum atomic E-state index is 13.6. The van der Waals surface area contributed by atoms with Crippen molar-refractivity contribution in [2.75, 3.05) is 17.1 Å². The molecule has 0 saturated carbocycles. The summed E-state index contributed by atoms with van der Waals surface area (Å²) in [4.78, 5) is 13.7. The summed E-state index contributed by atoms with van der Waals surface area (Å²) in [6, 6.07) is 27.9. The largest absolute Gasteiger partial charge is 0.497 e. The van der Waals surface area contributed by atoms with Gasteiger partial charge in [-0.3, -0.25) is 14.9 Å². The molecule has 39 heavy (non-hydrogen) atoms. The van der Waals surface area contributed by atoms with Crippen LogP contribution in [0.3, 0.4) is 0 Å². The van der Waals surface area contributed by atoms with Gasteiger partial charge in [0.25, 0.3) is 10.0 Å². The predicted octanol–water partition coefficient (Wildman–Crippen LogP) is 4.25. The Hall–Kier alpha value is -4.83. The highest BCUT2D eigenvalue weighted by atomic mass is 32.2. The topological polar surface area (TPSA) is 146 Å². The fraction of sp³-hybridized carbons (Fsp3) is 0.103. The first-order chi connectivity index (χ1) is 18.8. The van der Waals surface area contributed by atoms with Crippen molar-refractivity contribution in [3.05, 3.63) is 120 Å². The zero-order valence-corrected chi connectivity index (χ0v) is 22.0. The zero-order valence-electron chi connectivity index (χ0n) is 21.2. The van der Waals surface area contributed by atoms with Gasteiger partial charge in [-0.15, -0.1) is 0 Å². The molecule has 0 heterocycles. The second kappa shape index (κ2) is 12.1. The van der Waals surface area contributed by atoms with E-state index in [4.69, 9.17) is 15.9 Å². The third kappa shape index (κ3) is 6.93. The molecule has 4 aromatic rings. The van der Waals surface area contributed by atoms with E-state index < -0.39 is 16.1 Å². The second-order valence-corrected chi connectivity index (χ2v) is 10.3. The van der Waals surface area contributed by atoms with Crippen molar-refractivity contribution in [2.24, 2.45) is 5.73 Å². The molecule has 10 heteroatoms. The van der Waals surface area contributed by atoms with E-state index in [1.165, 1.54) is 19.2 Å². The summed E-state index contributed by atoms with van der Waals surface area (Å²) in [5.41, 5.74) is 8.16. The molecule has 0 fully saturated rings. The summed E-state index contributed by atoms with van der Waals surface area (Å²) >= 11 is 0. The van der Waals surface area contributed by atoms with Gasteiger partial charge in [-0.05, 0) is 60.2 Å². The fourth-order valence-corrected chi connectivity index (χ4v) is 5.00. The van der Waals surface area contributed by atoms with E-state index in [-0.39, 0.29) is 28.9 Å². The Kier molecular flexibility index (Phi) is 8.47. The molecule has 1 atom stereocenters. The van der Waals surface area contributed by atoms with Gasteiger partial charge < -0.3 is 21.1 Å². The molecule has 6 N–H and O–H groups in total. The molecule has 200 valence electrons. The first-order valence-electron chi connectivity index (χ1n) is 12.1. The maximum Gasteiger partial charge on any atom is 0.261 e. The van der Waals surface area contributed by atoms with Gasteiger partial charge in [0.2, 0.25) is 5.91 Å². The summed E-state index contributed by atoms with van der Waals surface area (Å²) in [5.74, 6) is -0.0192. The minimum absolute atomic E-state index is 0.0795. The Morgan fingerprint density at radius 3 is 2.18 bits per heavy atom. The van der Waals surface area contributed by atoms with Crippen molar-refractivity contribution < 1.29 is 17.9 Å². The van der Waals surface area contributed by atoms with Gasteiger partial charge in [0, 0.05) is 23.4 Å². The van der Waals surface area contributed by atoms with Crippen molar-refractivity contribution in [1.82, 2.24) is 5.32 Å². The summed E-state index contributed by atoms with van der Waals surface area (Å²) in [5, 5.41) is 13.8. The van der Waals surface area contributed by atoms with Gasteiger partial charge in [0.05, 0.1) is 17.7 Å². The van der Waals surface area contributed by atoms with E-state index in [0.29, 0.717) is 22.6 Å². The Labute approximate surface area is 227 Å². The molecule has 0 aliphatic carbocycles. The molecule has 1 unspecified atom stereocenters. The zero-order chi connectivity index (χ0) is 27.8. The maximum absolute atomic E-state index is 13.6. The number of nitrogen functional groups attached to an aromatic ring is 1. The van der Waals surface area contributed by atoms with Crippen LogP contribution in [0.25, 0.3) is 0 Å². The number of amidine groups is 1. The quantitative estimate of drug-likeness (QED) is 0.141. The molecule has 0 aliphatic heterocycles. The average molecular weight is 544 g/mol. The molecule has 0 aromatic heterocycles. The number of methoxy groups -OCH3 is 1. The molecule has 0 aliphatic rings. The van der Waals surface area contributed by atoms with Crippen LogP contribution in [0.5, 0.6) is 5.75 Å². The third-order valence-electron chi connectivity index (χ3n) is 5.95. The second-order valence-electron chi connectivity index (χ2n) is 8.64. The molecule has 0 saturated heterocycles. The Morgan fingerprint density at radius 2 is 1.56 bits per heavy atom. The number of carbonyl (C=O) groups is 1. The predicted molar refractivity (Wildman–Crippen MR) is 152 cm³/mol. The fourth-order valence-electron chi connectivity index (χ4n) is 3.89. The van der Waals surface area contributed by atoms with Crippen LogP contribution in [0.15, 0.2) is 108 Å². The first-order valence-corrected chi connectivity index (χ1v) is 13.5. The van der Waals surface area contributed by atoms with Crippen molar-refractivity contribution >= 4 is 33.1 Å². The minimum atomic E-state index is -3.95. The van der Waals surface area contributed by atoms with E-state index in [1.54, 1.807) is 60.7 Å². The Morgan fingerprint density at radius 1 is 0.923 bits per heavy atom. The van der Waals surface area contributed by atoms with Crippen LogP contribution in [-0.4, -0.2) is 27.3 Å². The van der Waals surface area contributed by atoms with E-state index in [2.05, 4.69) is 15.4 Å². The van der Waals surface area contributed by atoms with Crippen molar-refractivity contribution in [2.45, 2.75) is 17.5 Å². The van der Waals surface area contributed by atoms with Gasteiger partial charge >= 0.3 is 0 Å². The van der Waals surface area contributed by atoms with E-state index in [9.17, 15) is 13.2 Å². The monoisotopic (exact) mass is 543 g/mol. The summed E-state index contributed by atoms with van der Waals surface area (Å²) in [6.07, 6.45) is 0. The number of ether oxygens (including phenoxy) is 1. The van der Waals surface area contributed by atoms with Crippen LogP contribution in [0.1, 0.15) is 22.7 Å². The number of nitrogens with one attached hydrogen (secondary N) is 4. The summed E-state index contributed by atoms with van der Waals surface area (Å²) in [6.45, 7) is 0.274. The molecule has 9 nitrogen and oxygen atoms in total. The molecule has 1 amide bonds. The van der Waals surface area contributed by atoms with Crippen LogP contribution < -0.4 is 25.8 Å². The highest BCUT2D eigenvalue weighted by Gasteiger charge is 2.26.